The summed E-state index contributed by atoms with van der Waals surface area (Å²) in [5, 5.41) is 5.24. The second-order valence-electron chi connectivity index (χ2n) is 7.85. The molecule has 1 fully saturated rings. The summed E-state index contributed by atoms with van der Waals surface area (Å²) in [7, 11) is -3.94. The molecule has 0 bridgehead atoms. The number of imide groups is 1. The number of fused-ring (bicyclic) bond motifs is 1. The summed E-state index contributed by atoms with van der Waals surface area (Å²) in [5.41, 5.74) is 1.17. The first kappa shape index (κ1) is 25.4. The van der Waals surface area contributed by atoms with Crippen molar-refractivity contribution in [1.82, 2.24) is 4.57 Å². The van der Waals surface area contributed by atoms with Gasteiger partial charge >= 0.3 is 5.97 Å². The number of benzene rings is 2. The number of ether oxygens (including phenoxy) is 1. The maximum absolute atomic E-state index is 12.9. The summed E-state index contributed by atoms with van der Waals surface area (Å²) in [4.78, 5) is 54.2. The summed E-state index contributed by atoms with van der Waals surface area (Å²) >= 11 is 1.07. The highest BCUT2D eigenvalue weighted by atomic mass is 32.2. The van der Waals surface area contributed by atoms with Crippen molar-refractivity contribution < 1.29 is 32.3 Å². The van der Waals surface area contributed by atoms with E-state index < -0.39 is 21.9 Å². The Balaban J connectivity index is 1.71. The number of aromatic nitrogens is 1. The molecule has 2 N–H and O–H groups in total. The average molecular weight is 531 g/mol. The van der Waals surface area contributed by atoms with Gasteiger partial charge in [0, 0.05) is 24.9 Å². The Labute approximate surface area is 209 Å². The molecule has 0 unspecified atom stereocenters. The van der Waals surface area contributed by atoms with Gasteiger partial charge < -0.3 is 9.30 Å². The average Bonchev–Trinajstić information content (AvgIpc) is 3.35. The first-order chi connectivity index (χ1) is 17.1. The number of hydrogen-bond donors (Lipinski definition) is 1. The van der Waals surface area contributed by atoms with Crippen LogP contribution in [0, 0.1) is 0 Å². The molecule has 0 saturated carbocycles. The zero-order valence-corrected chi connectivity index (χ0v) is 20.8. The third-order valence-corrected chi connectivity index (χ3v) is 7.40. The molecule has 0 aliphatic carbocycles. The van der Waals surface area contributed by atoms with Crippen LogP contribution in [-0.2, 0) is 35.7 Å². The van der Waals surface area contributed by atoms with E-state index in [1.807, 2.05) is 0 Å². The largest absolute Gasteiger partial charge is 0.466 e. The molecule has 36 heavy (non-hydrogen) atoms. The van der Waals surface area contributed by atoms with Gasteiger partial charge in [0.25, 0.3) is 5.91 Å². The van der Waals surface area contributed by atoms with Gasteiger partial charge in [-0.05, 0) is 49.4 Å². The number of primary sulfonamides is 1. The lowest BCUT2D eigenvalue weighted by molar-refractivity contribution is -0.143. The maximum Gasteiger partial charge on any atom is 0.307 e. The van der Waals surface area contributed by atoms with Crippen LogP contribution in [-0.4, -0.2) is 43.3 Å². The molecule has 0 radical (unpaired) electrons. The molecule has 1 aromatic heterocycles. The van der Waals surface area contributed by atoms with Crippen LogP contribution in [0.3, 0.4) is 0 Å². The fourth-order valence-corrected chi connectivity index (χ4v) is 5.45. The SMILES string of the molecule is CCOC(=O)CCn1c(=NC(=O)c2ccc(N3C(=O)CCC3=O)cc2)sc2cc(S(N)(=O)=O)ccc21. The van der Waals surface area contributed by atoms with E-state index in [0.717, 1.165) is 16.2 Å². The van der Waals surface area contributed by atoms with E-state index in [1.165, 1.54) is 36.4 Å². The van der Waals surface area contributed by atoms with Crippen LogP contribution in [0.25, 0.3) is 10.2 Å². The number of carbonyl (C=O) groups is 4. The van der Waals surface area contributed by atoms with Gasteiger partial charge in [-0.25, -0.2) is 13.6 Å². The number of sulfonamides is 1. The number of rotatable bonds is 7. The minimum atomic E-state index is -3.94. The van der Waals surface area contributed by atoms with Crippen molar-refractivity contribution in [2.75, 3.05) is 11.5 Å². The summed E-state index contributed by atoms with van der Waals surface area (Å²) in [6, 6.07) is 10.2. The summed E-state index contributed by atoms with van der Waals surface area (Å²) < 4.78 is 30.7. The van der Waals surface area contributed by atoms with Crippen LogP contribution in [0.4, 0.5) is 5.69 Å². The Kier molecular flexibility index (Phi) is 7.15. The fraction of sp³-hybridized carbons (Fsp3) is 0.261. The minimum absolute atomic E-state index is 0.0184. The predicted octanol–water partition coefficient (Wildman–Crippen LogP) is 1.70. The highest BCUT2D eigenvalue weighted by Crippen LogP contribution is 2.24. The van der Waals surface area contributed by atoms with Crippen molar-refractivity contribution >= 4 is 61.0 Å². The summed E-state index contributed by atoms with van der Waals surface area (Å²) in [6.07, 6.45) is 0.324. The van der Waals surface area contributed by atoms with Crippen molar-refractivity contribution in [3.63, 3.8) is 0 Å². The number of anilines is 1. The highest BCUT2D eigenvalue weighted by Gasteiger charge is 2.30. The minimum Gasteiger partial charge on any atom is -0.466 e. The van der Waals surface area contributed by atoms with Gasteiger partial charge in [0.15, 0.2) is 4.80 Å². The molecule has 13 heteroatoms. The van der Waals surface area contributed by atoms with E-state index in [0.29, 0.717) is 15.9 Å². The summed E-state index contributed by atoms with van der Waals surface area (Å²) in [6.45, 7) is 2.07. The molecular formula is C23H22N4O7S2. The van der Waals surface area contributed by atoms with E-state index in [2.05, 4.69) is 4.99 Å². The molecule has 2 heterocycles. The number of nitrogens with zero attached hydrogens (tertiary/aromatic N) is 3. The monoisotopic (exact) mass is 530 g/mol. The molecule has 3 aromatic rings. The highest BCUT2D eigenvalue weighted by molar-refractivity contribution is 7.89. The molecule has 2 aromatic carbocycles. The van der Waals surface area contributed by atoms with E-state index in [1.54, 1.807) is 17.6 Å². The second-order valence-corrected chi connectivity index (χ2v) is 10.4. The number of hydrogen-bond acceptors (Lipinski definition) is 8. The topological polar surface area (TPSA) is 158 Å². The molecule has 4 rings (SSSR count). The smallest absolute Gasteiger partial charge is 0.307 e. The van der Waals surface area contributed by atoms with E-state index in [-0.39, 0.29) is 59.5 Å². The van der Waals surface area contributed by atoms with E-state index >= 15 is 0 Å². The summed E-state index contributed by atoms with van der Waals surface area (Å²) in [5.74, 6) is -1.61. The third kappa shape index (κ3) is 5.27. The predicted molar refractivity (Wildman–Crippen MR) is 131 cm³/mol. The Morgan fingerprint density at radius 2 is 1.75 bits per heavy atom. The molecule has 1 aliphatic rings. The van der Waals surface area contributed by atoms with Crippen LogP contribution < -0.4 is 14.8 Å². The Morgan fingerprint density at radius 1 is 1.08 bits per heavy atom. The number of nitrogens with two attached hydrogens (primary N) is 1. The van der Waals surface area contributed by atoms with Gasteiger partial charge in [0.05, 0.1) is 33.8 Å². The van der Waals surface area contributed by atoms with Crippen LogP contribution >= 0.6 is 11.3 Å². The lowest BCUT2D eigenvalue weighted by Gasteiger charge is -2.13. The lowest BCUT2D eigenvalue weighted by atomic mass is 10.2. The molecule has 0 atom stereocenters. The Bertz CT molecular complexity index is 1540. The van der Waals surface area contributed by atoms with Gasteiger partial charge in [-0.1, -0.05) is 11.3 Å². The number of thiazole rings is 1. The quantitative estimate of drug-likeness (QED) is 0.360. The van der Waals surface area contributed by atoms with E-state index in [4.69, 9.17) is 9.88 Å². The second kappa shape index (κ2) is 10.1. The van der Waals surface area contributed by atoms with Gasteiger partial charge in [-0.15, -0.1) is 0 Å². The van der Waals surface area contributed by atoms with Gasteiger partial charge in [0.1, 0.15) is 0 Å². The van der Waals surface area contributed by atoms with Crippen molar-refractivity contribution in [3.8, 4) is 0 Å². The van der Waals surface area contributed by atoms with Crippen molar-refractivity contribution in [1.29, 1.82) is 0 Å². The number of carbonyl (C=O) groups excluding carboxylic acids is 4. The fourth-order valence-electron chi connectivity index (χ4n) is 3.74. The van der Waals surface area contributed by atoms with Crippen LogP contribution in [0.2, 0.25) is 0 Å². The zero-order chi connectivity index (χ0) is 26.0. The number of esters is 1. The molecule has 188 valence electrons. The first-order valence-corrected chi connectivity index (χ1v) is 13.3. The lowest BCUT2D eigenvalue weighted by Crippen LogP contribution is -2.28. The molecule has 1 aliphatic heterocycles. The molecule has 11 nitrogen and oxygen atoms in total. The maximum atomic E-state index is 12.9. The van der Waals surface area contributed by atoms with Crippen molar-refractivity contribution in [3.05, 3.63) is 52.8 Å². The van der Waals surface area contributed by atoms with Gasteiger partial charge in [-0.2, -0.15) is 4.99 Å². The first-order valence-electron chi connectivity index (χ1n) is 10.9. The van der Waals surface area contributed by atoms with Crippen molar-refractivity contribution in [2.45, 2.75) is 37.6 Å². The number of aryl methyl sites for hydroxylation is 1. The number of amides is 3. The Hall–Kier alpha value is -3.68. The molecular weight excluding hydrogens is 508 g/mol. The van der Waals surface area contributed by atoms with Gasteiger partial charge in [-0.3, -0.25) is 24.1 Å². The standard InChI is InChI=1S/C23H22N4O7S2/c1-2-34-21(30)11-12-26-17-8-7-16(36(24,32)33)13-18(17)35-23(26)25-22(31)14-3-5-15(6-4-14)27-19(28)9-10-20(27)29/h3-8,13H,2,9-12H2,1H3,(H2,24,32,33). The molecule has 3 amide bonds. The van der Waals surface area contributed by atoms with E-state index in [9.17, 15) is 27.6 Å². The Morgan fingerprint density at radius 3 is 2.36 bits per heavy atom. The van der Waals surface area contributed by atoms with Crippen LogP contribution in [0.1, 0.15) is 36.5 Å². The van der Waals surface area contributed by atoms with Gasteiger partial charge in [0.2, 0.25) is 21.8 Å². The third-order valence-electron chi connectivity index (χ3n) is 5.45. The molecule has 1 saturated heterocycles. The normalized spacial score (nSPS) is 14.6. The van der Waals surface area contributed by atoms with Crippen molar-refractivity contribution in [2.24, 2.45) is 10.1 Å². The molecule has 0 spiro atoms. The zero-order valence-electron chi connectivity index (χ0n) is 19.2. The van der Waals surface area contributed by atoms with Crippen LogP contribution in [0.15, 0.2) is 52.4 Å². The van der Waals surface area contributed by atoms with Crippen LogP contribution in [0.5, 0.6) is 0 Å².